The fourth-order valence-electron chi connectivity index (χ4n) is 2.89. The zero-order valence-electron chi connectivity index (χ0n) is 15.6. The highest BCUT2D eigenvalue weighted by Gasteiger charge is 2.19. The quantitative estimate of drug-likeness (QED) is 0.709. The van der Waals surface area contributed by atoms with Gasteiger partial charge in [0.25, 0.3) is 5.56 Å². The van der Waals surface area contributed by atoms with Crippen molar-refractivity contribution < 1.29 is 4.79 Å². The van der Waals surface area contributed by atoms with Crippen molar-refractivity contribution >= 4 is 17.2 Å². The number of aromatic amines is 1. The van der Waals surface area contributed by atoms with Crippen LogP contribution in [0.3, 0.4) is 0 Å². The molecule has 1 atom stereocenters. The lowest BCUT2D eigenvalue weighted by molar-refractivity contribution is -0.131. The molecule has 0 aliphatic carbocycles. The zero-order chi connectivity index (χ0) is 19.4. The summed E-state index contributed by atoms with van der Waals surface area (Å²) in [5, 5.41) is 2.00. The Labute approximate surface area is 161 Å². The van der Waals surface area contributed by atoms with Gasteiger partial charge in [-0.1, -0.05) is 6.07 Å². The van der Waals surface area contributed by atoms with Crippen LogP contribution in [0.15, 0.2) is 46.8 Å². The summed E-state index contributed by atoms with van der Waals surface area (Å²) in [6.07, 6.45) is 3.95. The van der Waals surface area contributed by atoms with E-state index in [2.05, 4.69) is 15.0 Å². The molecule has 3 aromatic heterocycles. The second-order valence-corrected chi connectivity index (χ2v) is 7.40. The summed E-state index contributed by atoms with van der Waals surface area (Å²) in [5.74, 6) is 0.496. The first kappa shape index (κ1) is 19.0. The lowest BCUT2D eigenvalue weighted by Gasteiger charge is -2.24. The summed E-state index contributed by atoms with van der Waals surface area (Å²) in [6.45, 7) is 3.80. The topological polar surface area (TPSA) is 79.0 Å². The number of thiophene rings is 1. The van der Waals surface area contributed by atoms with Gasteiger partial charge in [-0.3, -0.25) is 14.6 Å². The lowest BCUT2D eigenvalue weighted by atomic mass is 10.1. The molecule has 140 valence electrons. The molecule has 3 rings (SSSR count). The Kier molecular flexibility index (Phi) is 5.81. The molecule has 6 nitrogen and oxygen atoms in total. The molecule has 0 unspecified atom stereocenters. The third kappa shape index (κ3) is 4.31. The minimum atomic E-state index is -0.205. The van der Waals surface area contributed by atoms with E-state index in [-0.39, 0.29) is 23.9 Å². The van der Waals surface area contributed by atoms with Crippen LogP contribution in [-0.4, -0.2) is 32.8 Å². The van der Waals surface area contributed by atoms with Gasteiger partial charge in [-0.25, -0.2) is 4.98 Å². The predicted octanol–water partition coefficient (Wildman–Crippen LogP) is 3.35. The number of pyridine rings is 1. The van der Waals surface area contributed by atoms with Crippen LogP contribution in [0.2, 0.25) is 0 Å². The van der Waals surface area contributed by atoms with E-state index in [9.17, 15) is 9.59 Å². The molecule has 0 radical (unpaired) electrons. The molecule has 1 N–H and O–H groups in total. The highest BCUT2D eigenvalue weighted by molar-refractivity contribution is 7.10. The second kappa shape index (κ2) is 8.26. The van der Waals surface area contributed by atoms with Gasteiger partial charge in [-0.05, 0) is 43.8 Å². The molecule has 3 aromatic rings. The van der Waals surface area contributed by atoms with Crippen molar-refractivity contribution in [1.82, 2.24) is 19.9 Å². The maximum absolute atomic E-state index is 12.6. The summed E-state index contributed by atoms with van der Waals surface area (Å²) in [5.41, 5.74) is 1.74. The number of carbonyl (C=O) groups excluding carboxylic acids is 1. The van der Waals surface area contributed by atoms with Crippen molar-refractivity contribution in [3.8, 4) is 11.4 Å². The molecule has 0 saturated carbocycles. The predicted molar refractivity (Wildman–Crippen MR) is 107 cm³/mol. The van der Waals surface area contributed by atoms with Crippen LogP contribution in [0.1, 0.15) is 35.5 Å². The average Bonchev–Trinajstić information content (AvgIpc) is 3.21. The standard InChI is InChI=1S/C20H22N4O2S/c1-13-16(20(26)23-19(22-13)15-6-4-10-21-12-15)8-9-18(25)24(3)14(2)17-7-5-11-27-17/h4-7,10-12,14H,8-9H2,1-3H3,(H,22,23,26)/t14-/m0/s1. The van der Waals surface area contributed by atoms with Crippen LogP contribution in [0, 0.1) is 6.92 Å². The van der Waals surface area contributed by atoms with Crippen LogP contribution in [0.5, 0.6) is 0 Å². The lowest BCUT2D eigenvalue weighted by Crippen LogP contribution is -2.30. The third-order valence-corrected chi connectivity index (χ3v) is 5.72. The highest BCUT2D eigenvalue weighted by Crippen LogP contribution is 2.24. The van der Waals surface area contributed by atoms with E-state index < -0.39 is 0 Å². The third-order valence-electron chi connectivity index (χ3n) is 4.68. The molecule has 7 heteroatoms. The summed E-state index contributed by atoms with van der Waals surface area (Å²) in [7, 11) is 1.80. The SMILES string of the molecule is Cc1nc(-c2cccnc2)[nH]c(=O)c1CCC(=O)N(C)[C@@H](C)c1cccs1. The first-order valence-corrected chi connectivity index (χ1v) is 9.64. The molecule has 3 heterocycles. The maximum Gasteiger partial charge on any atom is 0.254 e. The number of hydrogen-bond acceptors (Lipinski definition) is 5. The van der Waals surface area contributed by atoms with Gasteiger partial charge in [-0.15, -0.1) is 11.3 Å². The number of aryl methyl sites for hydroxylation is 1. The molecule has 1 amide bonds. The van der Waals surface area contributed by atoms with E-state index >= 15 is 0 Å². The largest absolute Gasteiger partial charge is 0.338 e. The second-order valence-electron chi connectivity index (χ2n) is 6.42. The number of rotatable bonds is 6. The molecular formula is C20H22N4O2S. The monoisotopic (exact) mass is 382 g/mol. The van der Waals surface area contributed by atoms with Gasteiger partial charge in [0.2, 0.25) is 5.91 Å². The smallest absolute Gasteiger partial charge is 0.254 e. The van der Waals surface area contributed by atoms with Gasteiger partial charge in [0.05, 0.1) is 6.04 Å². The zero-order valence-corrected chi connectivity index (χ0v) is 16.4. The van der Waals surface area contributed by atoms with Crippen molar-refractivity contribution in [2.75, 3.05) is 7.05 Å². The van der Waals surface area contributed by atoms with Crippen molar-refractivity contribution in [3.63, 3.8) is 0 Å². The Bertz CT molecular complexity index is 967. The van der Waals surface area contributed by atoms with E-state index in [1.807, 2.05) is 30.5 Å². The summed E-state index contributed by atoms with van der Waals surface area (Å²) in [6, 6.07) is 7.65. The fraction of sp³-hybridized carbons (Fsp3) is 0.300. The van der Waals surface area contributed by atoms with E-state index in [1.54, 1.807) is 48.7 Å². The molecule has 0 aromatic carbocycles. The van der Waals surface area contributed by atoms with Gasteiger partial charge < -0.3 is 9.88 Å². The van der Waals surface area contributed by atoms with Crippen LogP contribution in [0.4, 0.5) is 0 Å². The average molecular weight is 382 g/mol. The van der Waals surface area contributed by atoms with Crippen molar-refractivity contribution in [1.29, 1.82) is 0 Å². The minimum Gasteiger partial charge on any atom is -0.338 e. The molecule has 0 aliphatic rings. The molecule has 0 saturated heterocycles. The summed E-state index contributed by atoms with van der Waals surface area (Å²) >= 11 is 1.63. The molecule has 0 spiro atoms. The normalized spacial score (nSPS) is 12.0. The molecule has 0 bridgehead atoms. The number of nitrogens with one attached hydrogen (secondary N) is 1. The number of H-pyrrole nitrogens is 1. The molecular weight excluding hydrogens is 360 g/mol. The van der Waals surface area contributed by atoms with Gasteiger partial charge >= 0.3 is 0 Å². The van der Waals surface area contributed by atoms with Crippen molar-refractivity contribution in [2.45, 2.75) is 32.7 Å². The number of nitrogens with zero attached hydrogens (tertiary/aromatic N) is 3. The maximum atomic E-state index is 12.6. The molecule has 0 aliphatic heterocycles. The van der Waals surface area contributed by atoms with E-state index in [1.165, 1.54) is 0 Å². The van der Waals surface area contributed by atoms with Crippen molar-refractivity contribution in [2.24, 2.45) is 0 Å². The van der Waals surface area contributed by atoms with Gasteiger partial charge in [0.1, 0.15) is 5.82 Å². The molecule has 27 heavy (non-hydrogen) atoms. The summed E-state index contributed by atoms with van der Waals surface area (Å²) in [4.78, 5) is 39.3. The Morgan fingerprint density at radius 2 is 2.15 bits per heavy atom. The fourth-order valence-corrected chi connectivity index (χ4v) is 3.71. The van der Waals surface area contributed by atoms with Crippen LogP contribution in [-0.2, 0) is 11.2 Å². The van der Waals surface area contributed by atoms with E-state index in [4.69, 9.17) is 0 Å². The van der Waals surface area contributed by atoms with Gasteiger partial charge in [-0.2, -0.15) is 0 Å². The Hall–Kier alpha value is -2.80. The number of carbonyl (C=O) groups is 1. The van der Waals surface area contributed by atoms with E-state index in [0.29, 0.717) is 23.5 Å². The Morgan fingerprint density at radius 1 is 1.33 bits per heavy atom. The first-order valence-electron chi connectivity index (χ1n) is 8.76. The molecule has 0 fully saturated rings. The highest BCUT2D eigenvalue weighted by atomic mass is 32.1. The van der Waals surface area contributed by atoms with Crippen LogP contribution in [0.25, 0.3) is 11.4 Å². The van der Waals surface area contributed by atoms with Gasteiger partial charge in [0.15, 0.2) is 0 Å². The van der Waals surface area contributed by atoms with Crippen LogP contribution < -0.4 is 5.56 Å². The van der Waals surface area contributed by atoms with E-state index in [0.717, 1.165) is 10.4 Å². The summed E-state index contributed by atoms with van der Waals surface area (Å²) < 4.78 is 0. The number of hydrogen-bond donors (Lipinski definition) is 1. The van der Waals surface area contributed by atoms with Crippen molar-refractivity contribution in [3.05, 3.63) is 68.5 Å². The Balaban J connectivity index is 1.71. The van der Waals surface area contributed by atoms with Crippen LogP contribution >= 0.6 is 11.3 Å². The minimum absolute atomic E-state index is 0.00559. The number of aromatic nitrogens is 3. The Morgan fingerprint density at radius 3 is 2.78 bits per heavy atom. The van der Waals surface area contributed by atoms with Gasteiger partial charge in [0, 0.05) is 47.6 Å². The first-order chi connectivity index (χ1) is 13.0. The number of amides is 1.